The molecule has 0 saturated heterocycles. The van der Waals surface area contributed by atoms with Gasteiger partial charge < -0.3 is 9.47 Å². The Balaban J connectivity index is 2.06. The molecule has 0 saturated carbocycles. The minimum Gasteiger partial charge on any atom is -0.492 e. The van der Waals surface area contributed by atoms with E-state index in [2.05, 4.69) is 4.98 Å². The number of rotatable bonds is 5. The van der Waals surface area contributed by atoms with Crippen molar-refractivity contribution in [1.29, 1.82) is 5.26 Å². The van der Waals surface area contributed by atoms with E-state index in [1.165, 1.54) is 30.5 Å². The Morgan fingerprint density at radius 3 is 2.68 bits per heavy atom. The van der Waals surface area contributed by atoms with E-state index in [-0.39, 0.29) is 16.5 Å². The molecule has 2 aromatic rings. The van der Waals surface area contributed by atoms with Crippen LogP contribution in [0.1, 0.15) is 29.4 Å². The average molecular weight is 317 g/mol. The third-order valence-electron chi connectivity index (χ3n) is 2.69. The van der Waals surface area contributed by atoms with Crippen LogP contribution in [-0.4, -0.2) is 17.6 Å². The first kappa shape index (κ1) is 15.8. The van der Waals surface area contributed by atoms with Gasteiger partial charge >= 0.3 is 5.97 Å². The highest BCUT2D eigenvalue weighted by Crippen LogP contribution is 2.22. The van der Waals surface area contributed by atoms with Crippen molar-refractivity contribution in [3.8, 4) is 17.6 Å². The number of pyridine rings is 1. The second-order valence-corrected chi connectivity index (χ2v) is 4.78. The molecule has 0 aliphatic rings. The van der Waals surface area contributed by atoms with Crippen molar-refractivity contribution in [2.75, 3.05) is 6.61 Å². The Morgan fingerprint density at radius 2 is 2.09 bits per heavy atom. The molecule has 1 heterocycles. The van der Waals surface area contributed by atoms with Gasteiger partial charge in [-0.25, -0.2) is 9.78 Å². The van der Waals surface area contributed by atoms with Gasteiger partial charge in [-0.05, 0) is 30.7 Å². The highest BCUT2D eigenvalue weighted by molar-refractivity contribution is 6.31. The third kappa shape index (κ3) is 3.96. The number of esters is 1. The Labute approximate surface area is 133 Å². The lowest BCUT2D eigenvalue weighted by Crippen LogP contribution is -2.10. The molecule has 0 radical (unpaired) electrons. The Bertz CT molecular complexity index is 708. The normalized spacial score (nSPS) is 9.86. The van der Waals surface area contributed by atoms with Crippen molar-refractivity contribution in [3.63, 3.8) is 0 Å². The largest absolute Gasteiger partial charge is 0.492 e. The molecule has 1 aromatic carbocycles. The van der Waals surface area contributed by atoms with Crippen molar-refractivity contribution in [2.24, 2.45) is 0 Å². The number of hydrogen-bond acceptors (Lipinski definition) is 5. The van der Waals surface area contributed by atoms with Crippen LogP contribution in [0.25, 0.3) is 0 Å². The number of carbonyl (C=O) groups is 1. The van der Waals surface area contributed by atoms with E-state index in [4.69, 9.17) is 26.3 Å². The lowest BCUT2D eigenvalue weighted by atomic mass is 10.2. The fourth-order valence-electron chi connectivity index (χ4n) is 1.62. The summed E-state index contributed by atoms with van der Waals surface area (Å²) in [5, 5.41) is 9.02. The van der Waals surface area contributed by atoms with Crippen LogP contribution in [0, 0.1) is 11.3 Å². The first-order valence-corrected chi connectivity index (χ1v) is 7.02. The molecule has 0 aliphatic carbocycles. The Hall–Kier alpha value is -2.58. The van der Waals surface area contributed by atoms with Crippen LogP contribution in [0.3, 0.4) is 0 Å². The molecule has 6 heteroatoms. The molecule has 112 valence electrons. The predicted molar refractivity (Wildman–Crippen MR) is 81.1 cm³/mol. The first-order valence-electron chi connectivity index (χ1n) is 6.64. The highest BCUT2D eigenvalue weighted by atomic mass is 35.5. The maximum Gasteiger partial charge on any atom is 0.362 e. The van der Waals surface area contributed by atoms with E-state index in [1.807, 2.05) is 13.0 Å². The average Bonchev–Trinajstić information content (AvgIpc) is 2.53. The monoisotopic (exact) mass is 316 g/mol. The fourth-order valence-corrected chi connectivity index (χ4v) is 1.83. The van der Waals surface area contributed by atoms with Gasteiger partial charge in [0.15, 0.2) is 0 Å². The number of benzene rings is 1. The van der Waals surface area contributed by atoms with Gasteiger partial charge in [0.1, 0.15) is 23.3 Å². The number of nitrogens with zero attached hydrogens (tertiary/aromatic N) is 2. The number of nitriles is 1. The van der Waals surface area contributed by atoms with Crippen LogP contribution in [0.4, 0.5) is 0 Å². The molecule has 0 unspecified atom stereocenters. The molecule has 0 N–H and O–H groups in total. The second-order valence-electron chi connectivity index (χ2n) is 4.37. The van der Waals surface area contributed by atoms with Crippen molar-refractivity contribution < 1.29 is 14.3 Å². The minimum atomic E-state index is -0.609. The fraction of sp³-hybridized carbons (Fsp3) is 0.188. The Kier molecular flexibility index (Phi) is 5.34. The van der Waals surface area contributed by atoms with E-state index in [1.54, 1.807) is 6.07 Å². The van der Waals surface area contributed by atoms with Gasteiger partial charge in [0, 0.05) is 6.07 Å². The van der Waals surface area contributed by atoms with Crippen LogP contribution in [0.15, 0.2) is 36.5 Å². The number of halogens is 1. The maximum absolute atomic E-state index is 12.0. The first-order chi connectivity index (χ1) is 10.6. The maximum atomic E-state index is 12.0. The van der Waals surface area contributed by atoms with Crippen LogP contribution in [0.5, 0.6) is 11.5 Å². The Morgan fingerprint density at radius 1 is 1.32 bits per heavy atom. The number of aromatic nitrogens is 1. The summed E-state index contributed by atoms with van der Waals surface area (Å²) in [5.74, 6) is 0.241. The molecule has 0 aliphatic heterocycles. The van der Waals surface area contributed by atoms with Crippen LogP contribution >= 0.6 is 11.6 Å². The summed E-state index contributed by atoms with van der Waals surface area (Å²) in [5.41, 5.74) is 0.473. The van der Waals surface area contributed by atoms with E-state index in [0.717, 1.165) is 6.42 Å². The van der Waals surface area contributed by atoms with Gasteiger partial charge in [-0.3, -0.25) is 0 Å². The smallest absolute Gasteiger partial charge is 0.362 e. The summed E-state index contributed by atoms with van der Waals surface area (Å²) in [6, 6.07) is 9.52. The quantitative estimate of drug-likeness (QED) is 0.622. The van der Waals surface area contributed by atoms with Crippen molar-refractivity contribution in [1.82, 2.24) is 4.98 Å². The summed E-state index contributed by atoms with van der Waals surface area (Å²) in [7, 11) is 0. The van der Waals surface area contributed by atoms with Gasteiger partial charge in [0.2, 0.25) is 0 Å². The number of ether oxygens (including phenoxy) is 2. The predicted octanol–water partition coefficient (Wildman–Crippen LogP) is 3.61. The molecular weight excluding hydrogens is 304 g/mol. The second kappa shape index (κ2) is 7.43. The van der Waals surface area contributed by atoms with Gasteiger partial charge in [0.25, 0.3) is 0 Å². The van der Waals surface area contributed by atoms with Gasteiger partial charge in [-0.2, -0.15) is 5.26 Å². The van der Waals surface area contributed by atoms with E-state index in [9.17, 15) is 4.79 Å². The summed E-state index contributed by atoms with van der Waals surface area (Å²) in [6.45, 7) is 2.59. The number of hydrogen-bond donors (Lipinski definition) is 0. The molecule has 22 heavy (non-hydrogen) atoms. The van der Waals surface area contributed by atoms with Crippen molar-refractivity contribution in [3.05, 3.63) is 52.8 Å². The van der Waals surface area contributed by atoms with E-state index in [0.29, 0.717) is 17.9 Å². The van der Waals surface area contributed by atoms with E-state index < -0.39 is 5.97 Å². The van der Waals surface area contributed by atoms with Crippen LogP contribution < -0.4 is 9.47 Å². The number of carbonyl (C=O) groups excluding carboxylic acids is 1. The molecule has 2 rings (SSSR count). The molecule has 0 fully saturated rings. The molecule has 0 atom stereocenters. The summed E-state index contributed by atoms with van der Waals surface area (Å²) < 4.78 is 10.6. The molecule has 0 spiro atoms. The zero-order chi connectivity index (χ0) is 15.9. The third-order valence-corrected chi connectivity index (χ3v) is 3.00. The van der Waals surface area contributed by atoms with Gasteiger partial charge in [-0.15, -0.1) is 0 Å². The SMILES string of the molecule is CCCOc1ccc(C(=O)Oc2ccc(C#N)c(Cl)c2)nc1. The topological polar surface area (TPSA) is 72.2 Å². The zero-order valence-electron chi connectivity index (χ0n) is 11.9. The summed E-state index contributed by atoms with van der Waals surface area (Å²) in [4.78, 5) is 16.0. The lowest BCUT2D eigenvalue weighted by Gasteiger charge is -2.06. The molecule has 0 bridgehead atoms. The zero-order valence-corrected chi connectivity index (χ0v) is 12.6. The molecular formula is C16H13ClN2O3. The molecule has 5 nitrogen and oxygen atoms in total. The molecule has 1 aromatic heterocycles. The highest BCUT2D eigenvalue weighted by Gasteiger charge is 2.11. The summed E-state index contributed by atoms with van der Waals surface area (Å²) >= 11 is 5.88. The molecule has 0 amide bonds. The van der Waals surface area contributed by atoms with Crippen LogP contribution in [-0.2, 0) is 0 Å². The minimum absolute atomic E-state index is 0.157. The summed E-state index contributed by atoms with van der Waals surface area (Å²) in [6.07, 6.45) is 2.36. The van der Waals surface area contributed by atoms with Crippen molar-refractivity contribution >= 4 is 17.6 Å². The lowest BCUT2D eigenvalue weighted by molar-refractivity contribution is 0.0728. The van der Waals surface area contributed by atoms with Gasteiger partial charge in [0.05, 0.1) is 23.4 Å². The van der Waals surface area contributed by atoms with E-state index >= 15 is 0 Å². The van der Waals surface area contributed by atoms with Crippen LogP contribution in [0.2, 0.25) is 5.02 Å². The standard InChI is InChI=1S/C16H13ClN2O3/c1-2-7-21-13-5-6-15(19-10-13)16(20)22-12-4-3-11(9-18)14(17)8-12/h3-6,8,10H,2,7H2,1H3. The van der Waals surface area contributed by atoms with Crippen molar-refractivity contribution in [2.45, 2.75) is 13.3 Å². The van der Waals surface area contributed by atoms with Gasteiger partial charge in [-0.1, -0.05) is 18.5 Å².